The van der Waals surface area contributed by atoms with E-state index in [-0.39, 0.29) is 12.2 Å². The Hall–Kier alpha value is -0.300. The topological polar surface area (TPSA) is 9.23 Å². The van der Waals surface area contributed by atoms with Gasteiger partial charge >= 0.3 is 6.18 Å². The van der Waals surface area contributed by atoms with Crippen molar-refractivity contribution in [2.45, 2.75) is 37.6 Å². The number of alkyl halides is 4. The first-order valence-corrected chi connectivity index (χ1v) is 7.42. The van der Waals surface area contributed by atoms with Gasteiger partial charge in [0.25, 0.3) is 0 Å². The Labute approximate surface area is 118 Å². The molecule has 0 aromatic heterocycles. The predicted octanol–water partition coefficient (Wildman–Crippen LogP) is 4.75. The van der Waals surface area contributed by atoms with E-state index in [0.29, 0.717) is 0 Å². The number of benzene rings is 1. The molecule has 0 bridgehead atoms. The maximum absolute atomic E-state index is 12.4. The summed E-state index contributed by atoms with van der Waals surface area (Å²) in [6, 6.07) is 5.32. The van der Waals surface area contributed by atoms with E-state index >= 15 is 0 Å². The highest BCUT2D eigenvalue weighted by atomic mass is 127. The SMILES string of the molecule is FC(F)(F)c1ccc(C2CCCC(CI)O2)cc1. The van der Waals surface area contributed by atoms with Crippen LogP contribution in [-0.2, 0) is 10.9 Å². The molecule has 0 amide bonds. The summed E-state index contributed by atoms with van der Waals surface area (Å²) in [5.41, 5.74) is 0.241. The summed E-state index contributed by atoms with van der Waals surface area (Å²) in [7, 11) is 0. The minimum absolute atomic E-state index is 0.0548. The van der Waals surface area contributed by atoms with Crippen molar-refractivity contribution in [1.29, 1.82) is 0 Å². The van der Waals surface area contributed by atoms with Gasteiger partial charge < -0.3 is 4.74 Å². The van der Waals surface area contributed by atoms with Gasteiger partial charge in [0.15, 0.2) is 0 Å². The molecule has 2 unspecified atom stereocenters. The van der Waals surface area contributed by atoms with Gasteiger partial charge in [-0.3, -0.25) is 0 Å². The average Bonchev–Trinajstić information content (AvgIpc) is 2.38. The second-order valence-electron chi connectivity index (χ2n) is 4.45. The fourth-order valence-electron chi connectivity index (χ4n) is 2.14. The number of rotatable bonds is 2. The highest BCUT2D eigenvalue weighted by Crippen LogP contribution is 2.34. The summed E-state index contributed by atoms with van der Waals surface area (Å²) in [6.07, 6.45) is -1.10. The molecule has 1 saturated heterocycles. The summed E-state index contributed by atoms with van der Waals surface area (Å²) in [5, 5.41) is 0. The Kier molecular flexibility index (Phi) is 4.53. The molecule has 1 nitrogen and oxygen atoms in total. The molecule has 0 N–H and O–H groups in total. The van der Waals surface area contributed by atoms with Gasteiger partial charge in [-0.2, -0.15) is 13.2 Å². The second kappa shape index (κ2) is 5.77. The minimum atomic E-state index is -4.27. The maximum atomic E-state index is 12.4. The number of hydrogen-bond donors (Lipinski definition) is 0. The minimum Gasteiger partial charge on any atom is -0.370 e. The molecule has 0 radical (unpaired) electrons. The lowest BCUT2D eigenvalue weighted by Crippen LogP contribution is -2.23. The van der Waals surface area contributed by atoms with Gasteiger partial charge in [0.2, 0.25) is 0 Å². The van der Waals surface area contributed by atoms with E-state index in [1.165, 1.54) is 12.1 Å². The molecule has 1 aromatic carbocycles. The zero-order chi connectivity index (χ0) is 13.2. The highest BCUT2D eigenvalue weighted by molar-refractivity contribution is 14.1. The first-order chi connectivity index (χ1) is 8.50. The molecule has 100 valence electrons. The summed E-state index contributed by atoms with van der Waals surface area (Å²) >= 11 is 2.28. The fourth-order valence-corrected chi connectivity index (χ4v) is 2.79. The molecule has 1 aromatic rings. The lowest BCUT2D eigenvalue weighted by molar-refractivity contribution is -0.137. The summed E-state index contributed by atoms with van der Waals surface area (Å²) in [4.78, 5) is 0. The quantitative estimate of drug-likeness (QED) is 0.539. The van der Waals surface area contributed by atoms with Crippen LogP contribution in [0.3, 0.4) is 0 Å². The van der Waals surface area contributed by atoms with Crippen LogP contribution in [0.15, 0.2) is 24.3 Å². The average molecular weight is 370 g/mol. The second-order valence-corrected chi connectivity index (χ2v) is 5.33. The molecule has 2 atom stereocenters. The number of hydrogen-bond acceptors (Lipinski definition) is 1. The van der Waals surface area contributed by atoms with Gasteiger partial charge in [-0.15, -0.1) is 0 Å². The molecule has 18 heavy (non-hydrogen) atoms. The van der Waals surface area contributed by atoms with Crippen molar-refractivity contribution >= 4 is 22.6 Å². The van der Waals surface area contributed by atoms with E-state index < -0.39 is 11.7 Å². The molecule has 0 spiro atoms. The van der Waals surface area contributed by atoms with Gasteiger partial charge in [0.1, 0.15) is 0 Å². The monoisotopic (exact) mass is 370 g/mol. The van der Waals surface area contributed by atoms with Gasteiger partial charge in [0.05, 0.1) is 17.8 Å². The van der Waals surface area contributed by atoms with Crippen LogP contribution in [0.25, 0.3) is 0 Å². The van der Waals surface area contributed by atoms with Crippen molar-refractivity contribution in [2.24, 2.45) is 0 Å². The molecule has 1 aliphatic rings. The standard InChI is InChI=1S/C13H14F3IO/c14-13(15,16)10-6-4-9(5-7-10)12-3-1-2-11(8-17)18-12/h4-7,11-12H,1-3,8H2. The Morgan fingerprint density at radius 2 is 1.83 bits per heavy atom. The zero-order valence-electron chi connectivity index (χ0n) is 9.71. The van der Waals surface area contributed by atoms with Crippen LogP contribution in [0.4, 0.5) is 13.2 Å². The van der Waals surface area contributed by atoms with Gasteiger partial charge in [0, 0.05) is 4.43 Å². The largest absolute Gasteiger partial charge is 0.416 e. The molecule has 5 heteroatoms. The first-order valence-electron chi connectivity index (χ1n) is 5.89. The van der Waals surface area contributed by atoms with E-state index in [1.807, 2.05) is 0 Å². The van der Waals surface area contributed by atoms with Crippen molar-refractivity contribution in [3.63, 3.8) is 0 Å². The van der Waals surface area contributed by atoms with Crippen LogP contribution in [0.1, 0.15) is 36.5 Å². The van der Waals surface area contributed by atoms with Crippen LogP contribution in [-0.4, -0.2) is 10.5 Å². The third kappa shape index (κ3) is 3.38. The number of halogens is 4. The van der Waals surface area contributed by atoms with Gasteiger partial charge in [-0.25, -0.2) is 0 Å². The summed E-state index contributed by atoms with van der Waals surface area (Å²) in [5.74, 6) is 0. The van der Waals surface area contributed by atoms with Crippen molar-refractivity contribution in [3.05, 3.63) is 35.4 Å². The normalized spacial score (nSPS) is 25.1. The molecule has 1 aliphatic heterocycles. The lowest BCUT2D eigenvalue weighted by atomic mass is 9.98. The van der Waals surface area contributed by atoms with Crippen molar-refractivity contribution < 1.29 is 17.9 Å². The Balaban J connectivity index is 2.09. The van der Waals surface area contributed by atoms with Crippen molar-refractivity contribution in [3.8, 4) is 0 Å². The van der Waals surface area contributed by atoms with Gasteiger partial charge in [-0.05, 0) is 37.0 Å². The molecule has 1 fully saturated rings. The first kappa shape index (κ1) is 14.1. The smallest absolute Gasteiger partial charge is 0.370 e. The third-order valence-electron chi connectivity index (χ3n) is 3.13. The molecule has 2 rings (SSSR count). The van der Waals surface area contributed by atoms with Gasteiger partial charge in [-0.1, -0.05) is 34.7 Å². The van der Waals surface area contributed by atoms with E-state index in [9.17, 15) is 13.2 Å². The summed E-state index contributed by atoms with van der Waals surface area (Å²) < 4.78 is 44.1. The Bertz CT molecular complexity index is 388. The van der Waals surface area contributed by atoms with E-state index in [2.05, 4.69) is 22.6 Å². The lowest BCUT2D eigenvalue weighted by Gasteiger charge is -2.29. The van der Waals surface area contributed by atoms with Crippen molar-refractivity contribution in [1.82, 2.24) is 0 Å². The van der Waals surface area contributed by atoms with Crippen molar-refractivity contribution in [2.75, 3.05) is 4.43 Å². The molecule has 0 aliphatic carbocycles. The van der Waals surface area contributed by atoms with Crippen LogP contribution in [0.5, 0.6) is 0 Å². The van der Waals surface area contributed by atoms with E-state index in [4.69, 9.17) is 4.74 Å². The van der Waals surface area contributed by atoms with Crippen LogP contribution >= 0.6 is 22.6 Å². The molecular weight excluding hydrogens is 356 g/mol. The predicted molar refractivity (Wildman–Crippen MR) is 71.8 cm³/mol. The van der Waals surface area contributed by atoms with E-state index in [1.54, 1.807) is 0 Å². The maximum Gasteiger partial charge on any atom is 0.416 e. The molecule has 0 saturated carbocycles. The van der Waals surface area contributed by atoms with Crippen LogP contribution in [0.2, 0.25) is 0 Å². The fraction of sp³-hybridized carbons (Fsp3) is 0.538. The molecule has 1 heterocycles. The molecular formula is C13H14F3IO. The van der Waals surface area contributed by atoms with Crippen LogP contribution < -0.4 is 0 Å². The summed E-state index contributed by atoms with van der Waals surface area (Å²) in [6.45, 7) is 0. The highest BCUT2D eigenvalue weighted by Gasteiger charge is 2.30. The van der Waals surface area contributed by atoms with Crippen LogP contribution in [0, 0.1) is 0 Å². The number of ether oxygens (including phenoxy) is 1. The van der Waals surface area contributed by atoms with E-state index in [0.717, 1.165) is 41.4 Å². The third-order valence-corrected chi connectivity index (χ3v) is 4.11. The Morgan fingerprint density at radius 3 is 2.39 bits per heavy atom. The Morgan fingerprint density at radius 1 is 1.17 bits per heavy atom. The zero-order valence-corrected chi connectivity index (χ0v) is 11.9.